The number of rotatable bonds is 2. The summed E-state index contributed by atoms with van der Waals surface area (Å²) >= 11 is 0. The van der Waals surface area contributed by atoms with Crippen molar-refractivity contribution in [2.75, 3.05) is 0 Å². The summed E-state index contributed by atoms with van der Waals surface area (Å²) < 4.78 is 5.65. The maximum atomic E-state index is 11.9. The number of aliphatic hydroxyl groups excluding tert-OH is 2. The van der Waals surface area contributed by atoms with Crippen molar-refractivity contribution in [3.05, 3.63) is 23.5 Å². The smallest absolute Gasteiger partial charge is 0.334 e. The fraction of sp³-hybridized carbons (Fsp3) is 0.808. The number of allylic oxidation sites excluding steroid dienone is 1. The monoisotopic (exact) mass is 414 g/mol. The quantitative estimate of drug-likeness (QED) is 0.474. The number of carbonyl (C=O) groups excluding carboxylic acids is 1. The van der Waals surface area contributed by atoms with E-state index in [9.17, 15) is 15.0 Å². The van der Waals surface area contributed by atoms with Gasteiger partial charge in [-0.05, 0) is 91.8 Å². The van der Waals surface area contributed by atoms with Gasteiger partial charge < -0.3 is 14.9 Å². The van der Waals surface area contributed by atoms with Gasteiger partial charge in [0.05, 0.1) is 12.2 Å². The van der Waals surface area contributed by atoms with Crippen molar-refractivity contribution >= 4 is 5.97 Å². The van der Waals surface area contributed by atoms with Crippen LogP contribution in [0.5, 0.6) is 0 Å². The Kier molecular flexibility index (Phi) is 4.89. The van der Waals surface area contributed by atoms with Gasteiger partial charge in [-0.25, -0.2) is 4.79 Å². The van der Waals surface area contributed by atoms with E-state index in [1.807, 2.05) is 0 Å². The van der Waals surface area contributed by atoms with Gasteiger partial charge in [0.1, 0.15) is 11.9 Å². The molecule has 0 aromatic heterocycles. The van der Waals surface area contributed by atoms with E-state index in [4.69, 9.17) is 4.74 Å². The van der Waals surface area contributed by atoms with Gasteiger partial charge in [0.2, 0.25) is 0 Å². The van der Waals surface area contributed by atoms with E-state index in [-0.39, 0.29) is 29.3 Å². The SMILES string of the molecule is C[C@@H]([C@H]1CC[C@H]2[C@@H]3CC=C4C[C@@H](O)CC[C@]4(C)[C@H]3CC[C@]12C)[C@H]1CC(O)=CC(=O)O1. The molecule has 2 N–H and O–H groups in total. The Balaban J connectivity index is 1.38. The predicted molar refractivity (Wildman–Crippen MR) is 116 cm³/mol. The highest BCUT2D eigenvalue weighted by molar-refractivity contribution is 5.83. The van der Waals surface area contributed by atoms with Crippen LogP contribution in [0.15, 0.2) is 23.5 Å². The van der Waals surface area contributed by atoms with Gasteiger partial charge in [-0.1, -0.05) is 32.4 Å². The molecule has 166 valence electrons. The zero-order chi connectivity index (χ0) is 21.3. The molecule has 9 atom stereocenters. The maximum Gasteiger partial charge on any atom is 0.334 e. The average molecular weight is 415 g/mol. The number of aliphatic hydroxyl groups is 2. The summed E-state index contributed by atoms with van der Waals surface area (Å²) in [4.78, 5) is 11.9. The number of ether oxygens (including phenoxy) is 1. The van der Waals surface area contributed by atoms with Gasteiger partial charge in [-0.3, -0.25) is 0 Å². The molecule has 1 aliphatic heterocycles. The number of cyclic esters (lactones) is 1. The van der Waals surface area contributed by atoms with E-state index in [1.165, 1.54) is 43.8 Å². The molecule has 0 saturated heterocycles. The molecular formula is C26H38O4. The van der Waals surface area contributed by atoms with E-state index in [2.05, 4.69) is 26.8 Å². The van der Waals surface area contributed by atoms with Crippen LogP contribution in [0.25, 0.3) is 0 Å². The molecule has 3 fully saturated rings. The van der Waals surface area contributed by atoms with Gasteiger partial charge in [-0.15, -0.1) is 0 Å². The highest BCUT2D eigenvalue weighted by atomic mass is 16.5. The highest BCUT2D eigenvalue weighted by Crippen LogP contribution is 2.67. The van der Waals surface area contributed by atoms with Gasteiger partial charge in [0, 0.05) is 6.42 Å². The largest absolute Gasteiger partial charge is 0.512 e. The van der Waals surface area contributed by atoms with Gasteiger partial charge in [-0.2, -0.15) is 0 Å². The molecule has 1 heterocycles. The first-order valence-electron chi connectivity index (χ1n) is 12.2. The molecule has 0 bridgehead atoms. The highest BCUT2D eigenvalue weighted by Gasteiger charge is 2.59. The molecule has 0 amide bonds. The summed E-state index contributed by atoms with van der Waals surface area (Å²) in [6.45, 7) is 7.23. The third-order valence-corrected chi connectivity index (χ3v) is 10.3. The van der Waals surface area contributed by atoms with Crippen LogP contribution in [0.1, 0.15) is 78.6 Å². The molecule has 0 aromatic rings. The number of fused-ring (bicyclic) bond motifs is 5. The minimum atomic E-state index is -0.392. The lowest BCUT2D eigenvalue weighted by molar-refractivity contribution is -0.151. The molecule has 4 heteroatoms. The normalized spacial score (nSPS) is 49.1. The summed E-state index contributed by atoms with van der Waals surface area (Å²) in [7, 11) is 0. The molecular weight excluding hydrogens is 376 g/mol. The topological polar surface area (TPSA) is 66.8 Å². The molecule has 0 spiro atoms. The Labute approximate surface area is 180 Å². The van der Waals surface area contributed by atoms with Crippen LogP contribution in [-0.4, -0.2) is 28.4 Å². The van der Waals surface area contributed by atoms with E-state index >= 15 is 0 Å². The van der Waals surface area contributed by atoms with Crippen LogP contribution < -0.4 is 0 Å². The first kappa shape index (κ1) is 20.6. The van der Waals surface area contributed by atoms with Crippen molar-refractivity contribution < 1.29 is 19.7 Å². The lowest BCUT2D eigenvalue weighted by Crippen LogP contribution is -2.51. The lowest BCUT2D eigenvalue weighted by atomic mass is 9.47. The molecule has 0 radical (unpaired) electrons. The molecule has 3 saturated carbocycles. The maximum absolute atomic E-state index is 11.9. The first-order chi connectivity index (χ1) is 14.2. The fourth-order valence-corrected chi connectivity index (χ4v) is 8.72. The Hall–Kier alpha value is -1.29. The second kappa shape index (κ2) is 7.12. The first-order valence-corrected chi connectivity index (χ1v) is 12.2. The average Bonchev–Trinajstić information content (AvgIpc) is 3.04. The van der Waals surface area contributed by atoms with Crippen LogP contribution in [0, 0.1) is 40.4 Å². The van der Waals surface area contributed by atoms with Crippen molar-refractivity contribution in [2.45, 2.75) is 90.8 Å². The third kappa shape index (κ3) is 3.00. The van der Waals surface area contributed by atoms with Gasteiger partial charge in [0.25, 0.3) is 0 Å². The van der Waals surface area contributed by atoms with Crippen LogP contribution in [0.3, 0.4) is 0 Å². The number of carbonyl (C=O) groups is 1. The van der Waals surface area contributed by atoms with Crippen LogP contribution >= 0.6 is 0 Å². The molecule has 0 aromatic carbocycles. The molecule has 30 heavy (non-hydrogen) atoms. The van der Waals surface area contributed by atoms with Crippen LogP contribution in [0.2, 0.25) is 0 Å². The lowest BCUT2D eigenvalue weighted by Gasteiger charge is -2.58. The minimum absolute atomic E-state index is 0.143. The number of esters is 1. The summed E-state index contributed by atoms with van der Waals surface area (Å²) in [6, 6.07) is 0. The van der Waals surface area contributed by atoms with Gasteiger partial charge in [0.15, 0.2) is 0 Å². The minimum Gasteiger partial charge on any atom is -0.512 e. The van der Waals surface area contributed by atoms with Crippen molar-refractivity contribution in [1.29, 1.82) is 0 Å². The van der Waals surface area contributed by atoms with Crippen molar-refractivity contribution in [3.8, 4) is 0 Å². The second-order valence-corrected chi connectivity index (χ2v) is 11.6. The summed E-state index contributed by atoms with van der Waals surface area (Å²) in [5, 5.41) is 20.2. The third-order valence-electron chi connectivity index (χ3n) is 10.3. The zero-order valence-electron chi connectivity index (χ0n) is 18.8. The van der Waals surface area contributed by atoms with Crippen LogP contribution in [0.4, 0.5) is 0 Å². The summed E-state index contributed by atoms with van der Waals surface area (Å²) in [5.41, 5.74) is 2.10. The molecule has 0 unspecified atom stereocenters. The van der Waals surface area contributed by atoms with E-state index in [0.717, 1.165) is 37.0 Å². The Morgan fingerprint density at radius 3 is 2.67 bits per heavy atom. The number of hydrogen-bond acceptors (Lipinski definition) is 4. The standard InChI is InChI=1S/C26H38O4/c1-15(23-13-18(28)14-24(29)30-23)20-6-7-21-19-5-4-16-12-17(27)8-10-25(16,2)22(19)9-11-26(20,21)3/h4,14-15,17,19-23,27-28H,5-13H2,1-3H3/t15-,17-,19-,20+,21-,22-,23+,25-,26+/m0/s1. The van der Waals surface area contributed by atoms with Gasteiger partial charge >= 0.3 is 5.97 Å². The van der Waals surface area contributed by atoms with Crippen molar-refractivity contribution in [3.63, 3.8) is 0 Å². The van der Waals surface area contributed by atoms with E-state index in [1.54, 1.807) is 0 Å². The molecule has 4 aliphatic carbocycles. The summed E-state index contributed by atoms with van der Waals surface area (Å²) in [6.07, 6.45) is 13.0. The Bertz CT molecular complexity index is 784. The van der Waals surface area contributed by atoms with Crippen molar-refractivity contribution in [2.24, 2.45) is 40.4 Å². The molecule has 5 rings (SSSR count). The Morgan fingerprint density at radius 1 is 1.10 bits per heavy atom. The van der Waals surface area contributed by atoms with Crippen molar-refractivity contribution in [1.82, 2.24) is 0 Å². The Morgan fingerprint density at radius 2 is 1.90 bits per heavy atom. The fourth-order valence-electron chi connectivity index (χ4n) is 8.72. The van der Waals surface area contributed by atoms with Crippen LogP contribution in [-0.2, 0) is 9.53 Å². The second-order valence-electron chi connectivity index (χ2n) is 11.6. The van der Waals surface area contributed by atoms with E-state index < -0.39 is 5.97 Å². The zero-order valence-corrected chi connectivity index (χ0v) is 18.8. The summed E-state index contributed by atoms with van der Waals surface area (Å²) in [5.74, 6) is 2.81. The molecule has 4 nitrogen and oxygen atoms in total. The molecule has 5 aliphatic rings. The van der Waals surface area contributed by atoms with E-state index in [0.29, 0.717) is 17.8 Å². The predicted octanol–water partition coefficient (Wildman–Crippen LogP) is 5.32. The number of hydrogen-bond donors (Lipinski definition) is 2.